The van der Waals surface area contributed by atoms with Crippen molar-refractivity contribution in [2.45, 2.75) is 45.6 Å². The third-order valence-electron chi connectivity index (χ3n) is 2.56. The van der Waals surface area contributed by atoms with E-state index in [0.29, 0.717) is 6.42 Å². The molecule has 1 rings (SSSR count). The van der Waals surface area contributed by atoms with Gasteiger partial charge in [-0.1, -0.05) is 50.1 Å². The summed E-state index contributed by atoms with van der Waals surface area (Å²) in [7, 11) is 0. The number of esters is 1. The van der Waals surface area contributed by atoms with E-state index in [4.69, 9.17) is 4.74 Å². The highest BCUT2D eigenvalue weighted by molar-refractivity contribution is 5.69. The van der Waals surface area contributed by atoms with Crippen molar-refractivity contribution < 1.29 is 9.53 Å². The fourth-order valence-corrected chi connectivity index (χ4v) is 1.57. The predicted molar refractivity (Wildman–Crippen MR) is 65.1 cm³/mol. The second-order valence-corrected chi connectivity index (χ2v) is 4.00. The van der Waals surface area contributed by atoms with Crippen molar-refractivity contribution in [2.24, 2.45) is 0 Å². The molecule has 1 aromatic carbocycles. The summed E-state index contributed by atoms with van der Waals surface area (Å²) in [5, 5.41) is 0. The van der Waals surface area contributed by atoms with Gasteiger partial charge in [-0.2, -0.15) is 0 Å². The largest absolute Gasteiger partial charge is 0.458 e. The first-order valence-corrected chi connectivity index (χ1v) is 5.98. The number of carbonyl (C=O) groups is 1. The highest BCUT2D eigenvalue weighted by Gasteiger charge is 2.10. The predicted octanol–water partition coefficient (Wildman–Crippen LogP) is 3.87. The van der Waals surface area contributed by atoms with Crippen LogP contribution in [0.5, 0.6) is 0 Å². The van der Waals surface area contributed by atoms with E-state index in [-0.39, 0.29) is 12.1 Å². The van der Waals surface area contributed by atoms with Crippen LogP contribution in [0, 0.1) is 0 Å². The van der Waals surface area contributed by atoms with Gasteiger partial charge in [0.1, 0.15) is 6.10 Å². The van der Waals surface area contributed by atoms with Crippen LogP contribution in [0.3, 0.4) is 0 Å². The maximum absolute atomic E-state index is 11.5. The van der Waals surface area contributed by atoms with Gasteiger partial charge in [-0.25, -0.2) is 0 Å². The molecular weight excluding hydrogens is 200 g/mol. The summed E-state index contributed by atoms with van der Waals surface area (Å²) in [6.07, 6.45) is 3.54. The molecular formula is C14H20O2. The van der Waals surface area contributed by atoms with Crippen molar-refractivity contribution in [1.29, 1.82) is 0 Å². The summed E-state index contributed by atoms with van der Waals surface area (Å²) in [6, 6.07) is 9.82. The maximum atomic E-state index is 11.5. The van der Waals surface area contributed by atoms with Crippen LogP contribution < -0.4 is 0 Å². The minimum atomic E-state index is -0.143. The van der Waals surface area contributed by atoms with E-state index in [0.717, 1.165) is 24.8 Å². The molecule has 2 nitrogen and oxygen atoms in total. The van der Waals surface area contributed by atoms with E-state index in [2.05, 4.69) is 6.92 Å². The van der Waals surface area contributed by atoms with Crippen LogP contribution in [0.4, 0.5) is 0 Å². The Balaban J connectivity index is 2.34. The van der Waals surface area contributed by atoms with Gasteiger partial charge >= 0.3 is 5.97 Å². The average Bonchev–Trinajstić information content (AvgIpc) is 2.30. The molecule has 0 heterocycles. The molecule has 0 spiro atoms. The van der Waals surface area contributed by atoms with E-state index in [9.17, 15) is 4.79 Å². The zero-order valence-electron chi connectivity index (χ0n) is 10.1. The Bertz CT molecular complexity index is 306. The number of carbonyl (C=O) groups excluding carboxylic acids is 1. The van der Waals surface area contributed by atoms with Crippen LogP contribution in [0.1, 0.15) is 51.2 Å². The van der Waals surface area contributed by atoms with Gasteiger partial charge in [-0.3, -0.25) is 4.79 Å². The topological polar surface area (TPSA) is 26.3 Å². The zero-order valence-corrected chi connectivity index (χ0v) is 10.1. The Morgan fingerprint density at radius 2 is 1.94 bits per heavy atom. The number of unbranched alkanes of at least 4 members (excludes halogenated alkanes) is 2. The average molecular weight is 220 g/mol. The molecule has 0 saturated carbocycles. The molecule has 0 bridgehead atoms. The monoisotopic (exact) mass is 220 g/mol. The van der Waals surface area contributed by atoms with Crippen LogP contribution in [-0.2, 0) is 9.53 Å². The normalized spacial score (nSPS) is 12.1. The fourth-order valence-electron chi connectivity index (χ4n) is 1.57. The molecule has 0 unspecified atom stereocenters. The van der Waals surface area contributed by atoms with Crippen LogP contribution in [0.25, 0.3) is 0 Å². The number of hydrogen-bond acceptors (Lipinski definition) is 2. The molecule has 0 aromatic heterocycles. The quantitative estimate of drug-likeness (QED) is 0.537. The molecule has 0 N–H and O–H groups in total. The molecule has 1 aromatic rings. The summed E-state index contributed by atoms with van der Waals surface area (Å²) >= 11 is 0. The molecule has 0 fully saturated rings. The first-order chi connectivity index (χ1) is 7.74. The smallest absolute Gasteiger partial charge is 0.306 e. The fraction of sp³-hybridized carbons (Fsp3) is 0.500. The lowest BCUT2D eigenvalue weighted by atomic mass is 10.1. The standard InChI is InChI=1S/C14H20O2/c1-3-4-6-11-14(15)16-12(2)13-9-7-5-8-10-13/h5,7-10,12H,3-4,6,11H2,1-2H3/t12-/m1/s1. The van der Waals surface area contributed by atoms with Crippen LogP contribution in [-0.4, -0.2) is 5.97 Å². The second kappa shape index (κ2) is 7.04. The van der Waals surface area contributed by atoms with Crippen LogP contribution in [0.15, 0.2) is 30.3 Å². The molecule has 88 valence electrons. The molecule has 2 heteroatoms. The zero-order chi connectivity index (χ0) is 11.8. The summed E-state index contributed by atoms with van der Waals surface area (Å²) in [5.41, 5.74) is 1.05. The Morgan fingerprint density at radius 3 is 2.56 bits per heavy atom. The molecule has 0 radical (unpaired) electrons. The summed E-state index contributed by atoms with van der Waals surface area (Å²) in [6.45, 7) is 4.03. The van der Waals surface area contributed by atoms with E-state index in [1.165, 1.54) is 0 Å². The lowest BCUT2D eigenvalue weighted by Gasteiger charge is -2.13. The Kier molecular flexibility index (Phi) is 5.62. The highest BCUT2D eigenvalue weighted by Crippen LogP contribution is 2.17. The van der Waals surface area contributed by atoms with Gasteiger partial charge < -0.3 is 4.74 Å². The lowest BCUT2D eigenvalue weighted by molar-refractivity contribution is -0.148. The Hall–Kier alpha value is -1.31. The third kappa shape index (κ3) is 4.47. The minimum Gasteiger partial charge on any atom is -0.458 e. The van der Waals surface area contributed by atoms with E-state index in [1.54, 1.807) is 0 Å². The van der Waals surface area contributed by atoms with Gasteiger partial charge in [0.25, 0.3) is 0 Å². The number of hydrogen-bond donors (Lipinski definition) is 0. The van der Waals surface area contributed by atoms with E-state index < -0.39 is 0 Å². The maximum Gasteiger partial charge on any atom is 0.306 e. The molecule has 0 aliphatic carbocycles. The third-order valence-corrected chi connectivity index (χ3v) is 2.56. The van der Waals surface area contributed by atoms with Gasteiger partial charge in [0.15, 0.2) is 0 Å². The van der Waals surface area contributed by atoms with Gasteiger partial charge in [-0.15, -0.1) is 0 Å². The minimum absolute atomic E-state index is 0.0928. The van der Waals surface area contributed by atoms with Crippen molar-refractivity contribution in [3.8, 4) is 0 Å². The van der Waals surface area contributed by atoms with Crippen molar-refractivity contribution in [3.05, 3.63) is 35.9 Å². The first kappa shape index (κ1) is 12.8. The molecule has 16 heavy (non-hydrogen) atoms. The molecule has 0 saturated heterocycles. The van der Waals surface area contributed by atoms with Crippen LogP contribution in [0.2, 0.25) is 0 Å². The van der Waals surface area contributed by atoms with Gasteiger partial charge in [0.05, 0.1) is 0 Å². The SMILES string of the molecule is CCCCCC(=O)O[C@H](C)c1ccccc1. The van der Waals surface area contributed by atoms with Gasteiger partial charge in [-0.05, 0) is 18.9 Å². The molecule has 0 amide bonds. The van der Waals surface area contributed by atoms with Crippen LogP contribution >= 0.6 is 0 Å². The number of ether oxygens (including phenoxy) is 1. The molecule has 0 aliphatic rings. The number of benzene rings is 1. The summed E-state index contributed by atoms with van der Waals surface area (Å²) in [4.78, 5) is 11.5. The Morgan fingerprint density at radius 1 is 1.25 bits per heavy atom. The second-order valence-electron chi connectivity index (χ2n) is 4.00. The van der Waals surface area contributed by atoms with Crippen molar-refractivity contribution in [2.75, 3.05) is 0 Å². The van der Waals surface area contributed by atoms with E-state index >= 15 is 0 Å². The molecule has 0 aliphatic heterocycles. The lowest BCUT2D eigenvalue weighted by Crippen LogP contribution is -2.08. The Labute approximate surface area is 97.6 Å². The first-order valence-electron chi connectivity index (χ1n) is 5.98. The summed E-state index contributed by atoms with van der Waals surface area (Å²) in [5.74, 6) is -0.0928. The van der Waals surface area contributed by atoms with Gasteiger partial charge in [0, 0.05) is 6.42 Å². The van der Waals surface area contributed by atoms with Crippen molar-refractivity contribution in [3.63, 3.8) is 0 Å². The van der Waals surface area contributed by atoms with E-state index in [1.807, 2.05) is 37.3 Å². The highest BCUT2D eigenvalue weighted by atomic mass is 16.5. The summed E-state index contributed by atoms with van der Waals surface area (Å²) < 4.78 is 5.34. The van der Waals surface area contributed by atoms with Gasteiger partial charge in [0.2, 0.25) is 0 Å². The number of rotatable bonds is 6. The van der Waals surface area contributed by atoms with Crippen molar-refractivity contribution >= 4 is 5.97 Å². The van der Waals surface area contributed by atoms with Crippen molar-refractivity contribution in [1.82, 2.24) is 0 Å². The molecule has 1 atom stereocenters.